The minimum atomic E-state index is -0.316. The molecule has 0 saturated carbocycles. The van der Waals surface area contributed by atoms with E-state index < -0.39 is 0 Å². The zero-order chi connectivity index (χ0) is 14.8. The first-order valence-electron chi connectivity index (χ1n) is 6.98. The lowest BCUT2D eigenvalue weighted by atomic mass is 10.0. The first-order valence-corrected chi connectivity index (χ1v) is 6.98. The van der Waals surface area contributed by atoms with Gasteiger partial charge < -0.3 is 14.7 Å². The quantitative estimate of drug-likeness (QED) is 0.849. The van der Waals surface area contributed by atoms with Crippen molar-refractivity contribution in [3.8, 4) is 0 Å². The molecule has 1 aliphatic rings. The molecule has 0 bridgehead atoms. The van der Waals surface area contributed by atoms with E-state index in [1.54, 1.807) is 12.3 Å². The number of anilines is 1. The lowest BCUT2D eigenvalue weighted by molar-refractivity contribution is -0.101. The van der Waals surface area contributed by atoms with Gasteiger partial charge in [0.25, 0.3) is 0 Å². The van der Waals surface area contributed by atoms with Crippen LogP contribution in [0, 0.1) is 0 Å². The number of Topliss-reactive ketones (excluding diaryl/α,β-unsaturated/α-hetero) is 1. The molecule has 0 amide bonds. The largest absolute Gasteiger partial charge is 0.394 e. The Bertz CT molecular complexity index is 471. The van der Waals surface area contributed by atoms with Crippen molar-refractivity contribution in [2.75, 3.05) is 24.6 Å². The van der Waals surface area contributed by atoms with Crippen molar-refractivity contribution in [2.45, 2.75) is 38.9 Å². The number of pyridine rings is 1. The molecule has 1 fully saturated rings. The van der Waals surface area contributed by atoms with E-state index in [9.17, 15) is 9.90 Å². The Labute approximate surface area is 119 Å². The zero-order valence-corrected chi connectivity index (χ0v) is 12.3. The van der Waals surface area contributed by atoms with Gasteiger partial charge in [0, 0.05) is 19.5 Å². The smallest absolute Gasteiger partial charge is 0.180 e. The third kappa shape index (κ3) is 3.35. The molecule has 1 aromatic heterocycles. The van der Waals surface area contributed by atoms with Crippen molar-refractivity contribution in [3.05, 3.63) is 24.0 Å². The SMILES string of the molecule is CCC(=O)c1ccc(N2CC(CO)OC(C)(C)C2)cn1. The van der Waals surface area contributed by atoms with Gasteiger partial charge in [0.15, 0.2) is 5.78 Å². The van der Waals surface area contributed by atoms with Crippen LogP contribution in [-0.4, -0.2) is 47.3 Å². The number of morpholine rings is 1. The molecule has 20 heavy (non-hydrogen) atoms. The molecule has 2 rings (SSSR count). The van der Waals surface area contributed by atoms with Gasteiger partial charge in [-0.1, -0.05) is 6.92 Å². The number of hydrogen-bond donors (Lipinski definition) is 1. The molecule has 0 aromatic carbocycles. The summed E-state index contributed by atoms with van der Waals surface area (Å²) in [5, 5.41) is 9.32. The highest BCUT2D eigenvalue weighted by Crippen LogP contribution is 2.25. The maximum atomic E-state index is 11.6. The van der Waals surface area contributed by atoms with Crippen LogP contribution in [0.4, 0.5) is 5.69 Å². The van der Waals surface area contributed by atoms with Gasteiger partial charge in [-0.3, -0.25) is 9.78 Å². The van der Waals surface area contributed by atoms with Crippen LogP contribution in [0.5, 0.6) is 0 Å². The normalized spacial score (nSPS) is 21.8. The van der Waals surface area contributed by atoms with E-state index in [0.29, 0.717) is 18.7 Å². The van der Waals surface area contributed by atoms with Gasteiger partial charge in [-0.15, -0.1) is 0 Å². The molecule has 1 unspecified atom stereocenters. The second-order valence-corrected chi connectivity index (χ2v) is 5.74. The van der Waals surface area contributed by atoms with Crippen LogP contribution >= 0.6 is 0 Å². The second kappa shape index (κ2) is 5.89. The molecule has 0 radical (unpaired) electrons. The third-order valence-electron chi connectivity index (χ3n) is 3.40. The van der Waals surface area contributed by atoms with Crippen LogP contribution in [-0.2, 0) is 4.74 Å². The molecule has 1 aromatic rings. The van der Waals surface area contributed by atoms with Gasteiger partial charge in [-0.25, -0.2) is 0 Å². The highest BCUT2D eigenvalue weighted by atomic mass is 16.5. The van der Waals surface area contributed by atoms with Crippen molar-refractivity contribution < 1.29 is 14.6 Å². The molecule has 1 N–H and O–H groups in total. The summed E-state index contributed by atoms with van der Waals surface area (Å²) in [6.07, 6.45) is 1.98. The molecular formula is C15H22N2O3. The molecule has 1 aliphatic heterocycles. The predicted molar refractivity (Wildman–Crippen MR) is 77.1 cm³/mol. The number of ether oxygens (including phenoxy) is 1. The topological polar surface area (TPSA) is 62.7 Å². The Morgan fingerprint density at radius 1 is 1.55 bits per heavy atom. The summed E-state index contributed by atoms with van der Waals surface area (Å²) in [4.78, 5) is 17.9. The summed E-state index contributed by atoms with van der Waals surface area (Å²) >= 11 is 0. The summed E-state index contributed by atoms with van der Waals surface area (Å²) in [7, 11) is 0. The molecule has 1 saturated heterocycles. The molecule has 5 nitrogen and oxygen atoms in total. The van der Waals surface area contributed by atoms with Crippen LogP contribution in [0.3, 0.4) is 0 Å². The minimum absolute atomic E-state index is 0.000235. The van der Waals surface area contributed by atoms with Crippen LogP contribution in [0.25, 0.3) is 0 Å². The summed E-state index contributed by atoms with van der Waals surface area (Å²) in [6.45, 7) is 7.19. The highest BCUT2D eigenvalue weighted by Gasteiger charge is 2.33. The molecule has 0 spiro atoms. The number of aliphatic hydroxyl groups excluding tert-OH is 1. The Hall–Kier alpha value is -1.46. The highest BCUT2D eigenvalue weighted by molar-refractivity contribution is 5.94. The number of carbonyl (C=O) groups is 1. The Morgan fingerprint density at radius 2 is 2.30 bits per heavy atom. The zero-order valence-electron chi connectivity index (χ0n) is 12.3. The van der Waals surface area contributed by atoms with E-state index in [0.717, 1.165) is 12.2 Å². The van der Waals surface area contributed by atoms with E-state index in [2.05, 4.69) is 9.88 Å². The van der Waals surface area contributed by atoms with Gasteiger partial charge in [-0.2, -0.15) is 0 Å². The van der Waals surface area contributed by atoms with Gasteiger partial charge in [-0.05, 0) is 26.0 Å². The van der Waals surface area contributed by atoms with Crippen molar-refractivity contribution in [2.24, 2.45) is 0 Å². The number of ketones is 1. The number of rotatable bonds is 4. The standard InChI is InChI=1S/C15H22N2O3/c1-4-14(19)13-6-5-11(7-16-13)17-8-12(9-18)20-15(2,3)10-17/h5-7,12,18H,4,8-10H2,1-3H3. The number of carbonyl (C=O) groups excluding carboxylic acids is 1. The molecule has 110 valence electrons. The second-order valence-electron chi connectivity index (χ2n) is 5.74. The fraction of sp³-hybridized carbons (Fsp3) is 0.600. The van der Waals surface area contributed by atoms with Crippen LogP contribution in [0.15, 0.2) is 18.3 Å². The molecular weight excluding hydrogens is 256 g/mol. The predicted octanol–water partition coefficient (Wildman–Crippen LogP) is 1.65. The van der Waals surface area contributed by atoms with Crippen LogP contribution in [0.1, 0.15) is 37.7 Å². The van der Waals surface area contributed by atoms with E-state index in [1.807, 2.05) is 26.8 Å². The number of aliphatic hydroxyl groups is 1. The van der Waals surface area contributed by atoms with E-state index in [1.165, 1.54) is 0 Å². The van der Waals surface area contributed by atoms with Gasteiger partial charge in [0.05, 0.1) is 30.2 Å². The maximum absolute atomic E-state index is 11.6. The first-order chi connectivity index (χ1) is 9.45. The monoisotopic (exact) mass is 278 g/mol. The average Bonchev–Trinajstić information content (AvgIpc) is 2.44. The van der Waals surface area contributed by atoms with Crippen molar-refractivity contribution in [1.82, 2.24) is 4.98 Å². The Balaban J connectivity index is 2.16. The summed E-state index contributed by atoms with van der Waals surface area (Å²) in [6, 6.07) is 3.67. The maximum Gasteiger partial charge on any atom is 0.180 e. The minimum Gasteiger partial charge on any atom is -0.394 e. The molecule has 5 heteroatoms. The molecule has 1 atom stereocenters. The van der Waals surface area contributed by atoms with E-state index in [4.69, 9.17) is 4.74 Å². The third-order valence-corrected chi connectivity index (χ3v) is 3.40. The summed E-state index contributed by atoms with van der Waals surface area (Å²) < 4.78 is 5.79. The lowest BCUT2D eigenvalue weighted by Gasteiger charge is -2.43. The Kier molecular flexibility index (Phi) is 4.40. The van der Waals surface area contributed by atoms with Crippen LogP contribution < -0.4 is 4.90 Å². The van der Waals surface area contributed by atoms with Crippen LogP contribution in [0.2, 0.25) is 0 Å². The van der Waals surface area contributed by atoms with Crippen molar-refractivity contribution in [3.63, 3.8) is 0 Å². The fourth-order valence-electron chi connectivity index (χ4n) is 2.51. The fourth-order valence-corrected chi connectivity index (χ4v) is 2.51. The summed E-state index contributed by atoms with van der Waals surface area (Å²) in [5.74, 6) is 0.0482. The van der Waals surface area contributed by atoms with Gasteiger partial charge >= 0.3 is 0 Å². The molecule has 0 aliphatic carbocycles. The number of nitrogens with zero attached hydrogens (tertiary/aromatic N) is 2. The Morgan fingerprint density at radius 3 is 2.85 bits per heavy atom. The number of aromatic nitrogens is 1. The summed E-state index contributed by atoms with van der Waals surface area (Å²) in [5.41, 5.74) is 1.14. The van der Waals surface area contributed by atoms with Gasteiger partial charge in [0.2, 0.25) is 0 Å². The lowest BCUT2D eigenvalue weighted by Crippen LogP contribution is -2.54. The molecule has 2 heterocycles. The average molecular weight is 278 g/mol. The first kappa shape index (κ1) is 14.9. The van der Waals surface area contributed by atoms with Crippen molar-refractivity contribution >= 4 is 11.5 Å². The van der Waals surface area contributed by atoms with Gasteiger partial charge in [0.1, 0.15) is 5.69 Å². The van der Waals surface area contributed by atoms with Crippen molar-refractivity contribution in [1.29, 1.82) is 0 Å². The van der Waals surface area contributed by atoms with E-state index >= 15 is 0 Å². The van der Waals surface area contributed by atoms with E-state index in [-0.39, 0.29) is 24.1 Å². The number of hydrogen-bond acceptors (Lipinski definition) is 5.